The number of hydrogen-bond acceptors (Lipinski definition) is 5. The van der Waals surface area contributed by atoms with Crippen LogP contribution in [-0.2, 0) is 4.79 Å². The van der Waals surface area contributed by atoms with Crippen LogP contribution in [0.3, 0.4) is 0 Å². The number of aliphatic hydroxyl groups is 1. The van der Waals surface area contributed by atoms with Gasteiger partial charge in [-0.05, 0) is 18.9 Å². The van der Waals surface area contributed by atoms with Gasteiger partial charge in [0, 0.05) is 11.9 Å². The van der Waals surface area contributed by atoms with Crippen LogP contribution < -0.4 is 4.74 Å². The number of methoxy groups -OCH3 is 1. The predicted molar refractivity (Wildman–Crippen MR) is 76.9 cm³/mol. The molecule has 1 saturated heterocycles. The molecule has 3 rings (SSSR count). The van der Waals surface area contributed by atoms with Gasteiger partial charge >= 0.3 is 6.01 Å². The highest BCUT2D eigenvalue weighted by Gasteiger charge is 2.32. The minimum Gasteiger partial charge on any atom is -0.467 e. The molecule has 110 valence electrons. The maximum Gasteiger partial charge on any atom is 0.316 e. The van der Waals surface area contributed by atoms with Crippen molar-refractivity contribution >= 4 is 16.8 Å². The second kappa shape index (κ2) is 5.65. The van der Waals surface area contributed by atoms with Crippen LogP contribution in [0.5, 0.6) is 6.01 Å². The second-order valence-electron chi connectivity index (χ2n) is 5.02. The van der Waals surface area contributed by atoms with Crippen molar-refractivity contribution in [1.29, 1.82) is 0 Å². The molecule has 0 spiro atoms. The lowest BCUT2D eigenvalue weighted by Gasteiger charge is -2.24. The van der Waals surface area contributed by atoms with E-state index in [-0.39, 0.29) is 11.9 Å². The normalized spacial score (nSPS) is 18.2. The fraction of sp³-hybridized carbons (Fsp3) is 0.400. The summed E-state index contributed by atoms with van der Waals surface area (Å²) < 4.78 is 5.17. The van der Waals surface area contributed by atoms with E-state index in [2.05, 4.69) is 9.97 Å². The molecule has 0 bridgehead atoms. The highest BCUT2D eigenvalue weighted by atomic mass is 16.5. The molecule has 1 atom stereocenters. The van der Waals surface area contributed by atoms with Crippen LogP contribution in [0.1, 0.15) is 24.6 Å². The molecule has 0 radical (unpaired) electrons. The topological polar surface area (TPSA) is 75.5 Å². The van der Waals surface area contributed by atoms with Crippen LogP contribution >= 0.6 is 0 Å². The Kier molecular flexibility index (Phi) is 3.70. The molecule has 1 aliphatic rings. The first-order valence-electron chi connectivity index (χ1n) is 6.95. The average Bonchev–Trinajstić information content (AvgIpc) is 3.02. The molecular formula is C15H17N3O3. The number of hydrogen-bond donors (Lipinski definition) is 1. The summed E-state index contributed by atoms with van der Waals surface area (Å²) in [6.07, 6.45) is 1.73. The van der Waals surface area contributed by atoms with Gasteiger partial charge in [0.05, 0.1) is 24.4 Å². The third-order valence-electron chi connectivity index (χ3n) is 3.82. The van der Waals surface area contributed by atoms with Gasteiger partial charge in [-0.25, -0.2) is 0 Å². The summed E-state index contributed by atoms with van der Waals surface area (Å²) in [4.78, 5) is 22.4. The van der Waals surface area contributed by atoms with Gasteiger partial charge < -0.3 is 14.7 Å². The SMILES string of the molecule is COc1nc(C2CCCN2C(=O)CO)c2ccccc2n1. The van der Waals surface area contributed by atoms with E-state index >= 15 is 0 Å². The van der Waals surface area contributed by atoms with E-state index in [0.29, 0.717) is 12.6 Å². The number of aliphatic hydroxyl groups excluding tert-OH is 1. The van der Waals surface area contributed by atoms with Crippen LogP contribution in [0.15, 0.2) is 24.3 Å². The molecule has 2 aromatic rings. The maximum atomic E-state index is 11.9. The van der Waals surface area contributed by atoms with E-state index in [1.165, 1.54) is 7.11 Å². The zero-order valence-corrected chi connectivity index (χ0v) is 11.8. The van der Waals surface area contributed by atoms with Gasteiger partial charge in [0.2, 0.25) is 5.91 Å². The lowest BCUT2D eigenvalue weighted by atomic mass is 10.1. The fourth-order valence-electron chi connectivity index (χ4n) is 2.86. The molecule has 1 unspecified atom stereocenters. The van der Waals surface area contributed by atoms with Gasteiger partial charge in [0.25, 0.3) is 0 Å². The summed E-state index contributed by atoms with van der Waals surface area (Å²) in [6, 6.07) is 7.84. The van der Waals surface area contributed by atoms with E-state index < -0.39 is 6.61 Å². The largest absolute Gasteiger partial charge is 0.467 e. The number of likely N-dealkylation sites (tertiary alicyclic amines) is 1. The van der Waals surface area contributed by atoms with Gasteiger partial charge in [-0.1, -0.05) is 18.2 Å². The smallest absolute Gasteiger partial charge is 0.316 e. The Morgan fingerprint density at radius 3 is 3.00 bits per heavy atom. The Morgan fingerprint density at radius 1 is 1.43 bits per heavy atom. The van der Waals surface area contributed by atoms with E-state index in [9.17, 15) is 4.79 Å². The Morgan fingerprint density at radius 2 is 2.24 bits per heavy atom. The molecule has 1 amide bonds. The first-order chi connectivity index (χ1) is 10.2. The van der Waals surface area contributed by atoms with E-state index in [4.69, 9.17) is 9.84 Å². The molecule has 1 N–H and O–H groups in total. The Labute approximate surface area is 122 Å². The van der Waals surface area contributed by atoms with Crippen molar-refractivity contribution in [3.63, 3.8) is 0 Å². The number of ether oxygens (including phenoxy) is 1. The molecule has 1 aromatic carbocycles. The number of aromatic nitrogens is 2. The number of nitrogens with zero attached hydrogens (tertiary/aromatic N) is 3. The predicted octanol–water partition coefficient (Wildman–Crippen LogP) is 1.29. The summed E-state index contributed by atoms with van der Waals surface area (Å²) in [7, 11) is 1.53. The van der Waals surface area contributed by atoms with E-state index in [1.807, 2.05) is 24.3 Å². The minimum absolute atomic E-state index is 0.133. The standard InChI is InChI=1S/C15H17N3O3/c1-21-15-16-11-6-3-2-5-10(11)14(17-15)12-7-4-8-18(12)13(20)9-19/h2-3,5-6,12,19H,4,7-9H2,1H3. The summed E-state index contributed by atoms with van der Waals surface area (Å²) in [5, 5.41) is 10.0. The zero-order chi connectivity index (χ0) is 14.8. The minimum atomic E-state index is -0.476. The Balaban J connectivity index is 2.12. The lowest BCUT2D eigenvalue weighted by molar-refractivity contribution is -0.135. The Bertz CT molecular complexity index is 674. The first-order valence-corrected chi connectivity index (χ1v) is 6.95. The van der Waals surface area contributed by atoms with Crippen LogP contribution in [0.4, 0.5) is 0 Å². The molecule has 1 aliphatic heterocycles. The molecular weight excluding hydrogens is 270 g/mol. The number of fused-ring (bicyclic) bond motifs is 1. The van der Waals surface area contributed by atoms with Crippen molar-refractivity contribution in [2.45, 2.75) is 18.9 Å². The molecule has 0 aliphatic carbocycles. The van der Waals surface area contributed by atoms with E-state index in [0.717, 1.165) is 29.4 Å². The maximum absolute atomic E-state index is 11.9. The Hall–Kier alpha value is -2.21. The van der Waals surface area contributed by atoms with Crippen LogP contribution in [-0.4, -0.2) is 46.1 Å². The number of amides is 1. The van der Waals surface area contributed by atoms with Crippen molar-refractivity contribution in [2.75, 3.05) is 20.3 Å². The third kappa shape index (κ3) is 2.42. The monoisotopic (exact) mass is 287 g/mol. The van der Waals surface area contributed by atoms with Crippen molar-refractivity contribution in [3.05, 3.63) is 30.0 Å². The molecule has 1 aromatic heterocycles. The summed E-state index contributed by atoms with van der Waals surface area (Å²) in [5.74, 6) is -0.265. The highest BCUT2D eigenvalue weighted by molar-refractivity contribution is 5.83. The summed E-state index contributed by atoms with van der Waals surface area (Å²) in [5.41, 5.74) is 1.58. The third-order valence-corrected chi connectivity index (χ3v) is 3.82. The average molecular weight is 287 g/mol. The molecule has 1 fully saturated rings. The van der Waals surface area contributed by atoms with Gasteiger partial charge in [-0.15, -0.1) is 0 Å². The molecule has 6 heteroatoms. The quantitative estimate of drug-likeness (QED) is 0.920. The van der Waals surface area contributed by atoms with Gasteiger partial charge in [0.15, 0.2) is 0 Å². The second-order valence-corrected chi connectivity index (χ2v) is 5.02. The van der Waals surface area contributed by atoms with Gasteiger partial charge in [-0.3, -0.25) is 4.79 Å². The number of rotatable bonds is 3. The first kappa shape index (κ1) is 13.8. The van der Waals surface area contributed by atoms with E-state index in [1.54, 1.807) is 4.90 Å². The fourth-order valence-corrected chi connectivity index (χ4v) is 2.86. The van der Waals surface area contributed by atoms with Crippen molar-refractivity contribution in [1.82, 2.24) is 14.9 Å². The van der Waals surface area contributed by atoms with Crippen molar-refractivity contribution < 1.29 is 14.6 Å². The molecule has 21 heavy (non-hydrogen) atoms. The van der Waals surface area contributed by atoms with Gasteiger partial charge in [-0.2, -0.15) is 9.97 Å². The molecule has 0 saturated carbocycles. The van der Waals surface area contributed by atoms with Crippen molar-refractivity contribution in [2.24, 2.45) is 0 Å². The number of para-hydroxylation sites is 1. The van der Waals surface area contributed by atoms with Crippen LogP contribution in [0, 0.1) is 0 Å². The molecule has 6 nitrogen and oxygen atoms in total. The van der Waals surface area contributed by atoms with Gasteiger partial charge in [0.1, 0.15) is 6.61 Å². The molecule has 2 heterocycles. The van der Waals surface area contributed by atoms with Crippen LogP contribution in [0.2, 0.25) is 0 Å². The van der Waals surface area contributed by atoms with Crippen molar-refractivity contribution in [3.8, 4) is 6.01 Å². The number of benzene rings is 1. The van der Waals surface area contributed by atoms with Crippen LogP contribution in [0.25, 0.3) is 10.9 Å². The zero-order valence-electron chi connectivity index (χ0n) is 11.8. The number of carbonyl (C=O) groups excluding carboxylic acids is 1. The summed E-state index contributed by atoms with van der Waals surface area (Å²) >= 11 is 0. The highest BCUT2D eigenvalue weighted by Crippen LogP contribution is 2.35. The lowest BCUT2D eigenvalue weighted by Crippen LogP contribution is -2.33. The number of carbonyl (C=O) groups is 1. The summed E-state index contributed by atoms with van der Waals surface area (Å²) in [6.45, 7) is 0.168.